The fourth-order valence-electron chi connectivity index (χ4n) is 3.65. The fourth-order valence-corrected chi connectivity index (χ4v) is 3.65. The molecule has 0 aromatic heterocycles. The monoisotopic (exact) mass is 417 g/mol. The van der Waals surface area contributed by atoms with Crippen molar-refractivity contribution in [3.63, 3.8) is 0 Å². The van der Waals surface area contributed by atoms with E-state index in [0.29, 0.717) is 25.7 Å². The molecule has 0 bridgehead atoms. The van der Waals surface area contributed by atoms with Gasteiger partial charge in [0.2, 0.25) is 0 Å². The lowest BCUT2D eigenvalue weighted by Gasteiger charge is -2.26. The van der Waals surface area contributed by atoms with Gasteiger partial charge in [0.15, 0.2) is 0 Å². The van der Waals surface area contributed by atoms with Gasteiger partial charge in [-0.05, 0) is 67.9 Å². The molecular formula is C24H32ClNO3. The van der Waals surface area contributed by atoms with E-state index in [-0.39, 0.29) is 18.4 Å². The van der Waals surface area contributed by atoms with Crippen molar-refractivity contribution in [2.24, 2.45) is 0 Å². The van der Waals surface area contributed by atoms with Gasteiger partial charge in [0.05, 0.1) is 13.2 Å². The van der Waals surface area contributed by atoms with Gasteiger partial charge in [-0.2, -0.15) is 0 Å². The third kappa shape index (κ3) is 7.71. The molecule has 0 heterocycles. The average Bonchev–Trinajstić information content (AvgIpc) is 2.72. The van der Waals surface area contributed by atoms with Crippen LogP contribution in [-0.2, 0) is 28.9 Å². The Labute approximate surface area is 180 Å². The standard InChI is InChI=1S/C24H31NO3.ClH/c1-2-27-24(26)10-6-7-15-28-23-14-12-20-11-13-22(16-21(20)17-23)25-18-19-8-4-3-5-9-19;/h3-5,8-9,12,14,17,22,25H,2,6-7,10-11,13,15-16,18H2,1H3;1H. The zero-order valence-electron chi connectivity index (χ0n) is 17.2. The highest BCUT2D eigenvalue weighted by Gasteiger charge is 2.18. The number of halogens is 1. The molecule has 158 valence electrons. The third-order valence-corrected chi connectivity index (χ3v) is 5.19. The number of rotatable bonds is 10. The van der Waals surface area contributed by atoms with Crippen LogP contribution in [0.5, 0.6) is 5.75 Å². The highest BCUT2D eigenvalue weighted by molar-refractivity contribution is 5.85. The van der Waals surface area contributed by atoms with E-state index >= 15 is 0 Å². The van der Waals surface area contributed by atoms with Crippen molar-refractivity contribution in [3.05, 3.63) is 65.2 Å². The number of nitrogens with one attached hydrogen (secondary N) is 1. The van der Waals surface area contributed by atoms with Gasteiger partial charge in [0.25, 0.3) is 0 Å². The van der Waals surface area contributed by atoms with Gasteiger partial charge in [-0.15, -0.1) is 12.4 Å². The van der Waals surface area contributed by atoms with Crippen LogP contribution in [0.25, 0.3) is 0 Å². The first kappa shape index (κ1) is 23.2. The summed E-state index contributed by atoms with van der Waals surface area (Å²) in [5.74, 6) is 0.809. The topological polar surface area (TPSA) is 47.6 Å². The summed E-state index contributed by atoms with van der Waals surface area (Å²) in [5.41, 5.74) is 4.15. The molecular weight excluding hydrogens is 386 g/mol. The van der Waals surface area contributed by atoms with Crippen molar-refractivity contribution in [2.75, 3.05) is 13.2 Å². The number of unbranched alkanes of at least 4 members (excludes halogenated alkanes) is 1. The first-order valence-corrected chi connectivity index (χ1v) is 10.4. The highest BCUT2D eigenvalue weighted by Crippen LogP contribution is 2.26. The Morgan fingerprint density at radius 1 is 1.10 bits per heavy atom. The molecule has 0 aliphatic heterocycles. The van der Waals surface area contributed by atoms with E-state index < -0.39 is 0 Å². The number of esters is 1. The van der Waals surface area contributed by atoms with Crippen LogP contribution >= 0.6 is 12.4 Å². The molecule has 4 nitrogen and oxygen atoms in total. The zero-order chi connectivity index (χ0) is 19.6. The van der Waals surface area contributed by atoms with Gasteiger partial charge in [-0.1, -0.05) is 36.4 Å². The van der Waals surface area contributed by atoms with Gasteiger partial charge in [0, 0.05) is 19.0 Å². The minimum Gasteiger partial charge on any atom is -0.494 e. The Bertz CT molecular complexity index is 751. The first-order valence-electron chi connectivity index (χ1n) is 10.4. The summed E-state index contributed by atoms with van der Waals surface area (Å²) in [6, 6.07) is 17.5. The lowest BCUT2D eigenvalue weighted by Crippen LogP contribution is -2.34. The van der Waals surface area contributed by atoms with Crippen LogP contribution in [0.2, 0.25) is 0 Å². The van der Waals surface area contributed by atoms with E-state index in [1.807, 2.05) is 6.92 Å². The smallest absolute Gasteiger partial charge is 0.305 e. The Morgan fingerprint density at radius 3 is 2.72 bits per heavy atom. The SMILES string of the molecule is CCOC(=O)CCCCOc1ccc2c(c1)CC(NCc1ccccc1)CC2.Cl. The molecule has 5 heteroatoms. The zero-order valence-corrected chi connectivity index (χ0v) is 18.0. The summed E-state index contributed by atoms with van der Waals surface area (Å²) in [6.45, 7) is 3.83. The van der Waals surface area contributed by atoms with Crippen molar-refractivity contribution < 1.29 is 14.3 Å². The predicted molar refractivity (Wildman–Crippen MR) is 119 cm³/mol. The second-order valence-electron chi connectivity index (χ2n) is 7.35. The summed E-state index contributed by atoms with van der Waals surface area (Å²) in [6.07, 6.45) is 5.46. The molecule has 0 saturated heterocycles. The lowest BCUT2D eigenvalue weighted by atomic mass is 9.88. The minimum absolute atomic E-state index is 0. The van der Waals surface area contributed by atoms with Crippen LogP contribution in [0.1, 0.15) is 49.3 Å². The second kappa shape index (κ2) is 12.5. The van der Waals surface area contributed by atoms with E-state index in [9.17, 15) is 4.79 Å². The molecule has 0 amide bonds. The maximum Gasteiger partial charge on any atom is 0.305 e. The molecule has 1 N–H and O–H groups in total. The van der Waals surface area contributed by atoms with E-state index in [1.54, 1.807) is 0 Å². The van der Waals surface area contributed by atoms with E-state index in [1.165, 1.54) is 23.1 Å². The van der Waals surface area contributed by atoms with Crippen LogP contribution in [0.3, 0.4) is 0 Å². The Morgan fingerprint density at radius 2 is 1.93 bits per heavy atom. The van der Waals surface area contributed by atoms with Crippen LogP contribution in [0.15, 0.2) is 48.5 Å². The molecule has 1 atom stereocenters. The summed E-state index contributed by atoms with van der Waals surface area (Å²) in [5, 5.41) is 3.69. The van der Waals surface area contributed by atoms with Crippen LogP contribution in [0.4, 0.5) is 0 Å². The molecule has 2 aromatic carbocycles. The van der Waals surface area contributed by atoms with Crippen LogP contribution in [0, 0.1) is 0 Å². The third-order valence-electron chi connectivity index (χ3n) is 5.19. The summed E-state index contributed by atoms with van der Waals surface area (Å²) >= 11 is 0. The second-order valence-corrected chi connectivity index (χ2v) is 7.35. The number of fused-ring (bicyclic) bond motifs is 1. The van der Waals surface area contributed by atoms with Gasteiger partial charge in [0.1, 0.15) is 5.75 Å². The van der Waals surface area contributed by atoms with Crippen molar-refractivity contribution in [1.29, 1.82) is 0 Å². The number of carbonyl (C=O) groups is 1. The molecule has 0 fully saturated rings. The number of carbonyl (C=O) groups excluding carboxylic acids is 1. The van der Waals surface area contributed by atoms with Gasteiger partial charge in [-0.25, -0.2) is 0 Å². The number of hydrogen-bond donors (Lipinski definition) is 1. The minimum atomic E-state index is -0.120. The predicted octanol–water partition coefficient (Wildman–Crippen LogP) is 4.87. The van der Waals surface area contributed by atoms with Gasteiger partial charge in [-0.3, -0.25) is 4.79 Å². The van der Waals surface area contributed by atoms with E-state index in [0.717, 1.165) is 38.0 Å². The lowest BCUT2D eigenvalue weighted by molar-refractivity contribution is -0.143. The number of benzene rings is 2. The van der Waals surface area contributed by atoms with Crippen LogP contribution < -0.4 is 10.1 Å². The van der Waals surface area contributed by atoms with Gasteiger partial charge < -0.3 is 14.8 Å². The summed E-state index contributed by atoms with van der Waals surface area (Å²) < 4.78 is 10.8. The van der Waals surface area contributed by atoms with Crippen LogP contribution in [-0.4, -0.2) is 25.2 Å². The fraction of sp³-hybridized carbons (Fsp3) is 0.458. The Hall–Kier alpha value is -2.04. The van der Waals surface area contributed by atoms with Crippen molar-refractivity contribution >= 4 is 18.4 Å². The summed E-state index contributed by atoms with van der Waals surface area (Å²) in [4.78, 5) is 11.3. The highest BCUT2D eigenvalue weighted by atomic mass is 35.5. The van der Waals surface area contributed by atoms with Gasteiger partial charge >= 0.3 is 5.97 Å². The Kier molecular flexibility index (Phi) is 10.0. The molecule has 1 aliphatic carbocycles. The average molecular weight is 418 g/mol. The molecule has 0 saturated carbocycles. The molecule has 1 aliphatic rings. The molecule has 0 spiro atoms. The maximum absolute atomic E-state index is 11.3. The quantitative estimate of drug-likeness (QED) is 0.442. The summed E-state index contributed by atoms with van der Waals surface area (Å²) in [7, 11) is 0. The molecule has 1 unspecified atom stereocenters. The van der Waals surface area contributed by atoms with Crippen molar-refractivity contribution in [3.8, 4) is 5.75 Å². The largest absolute Gasteiger partial charge is 0.494 e. The number of aryl methyl sites for hydroxylation is 1. The number of hydrogen-bond acceptors (Lipinski definition) is 4. The molecule has 29 heavy (non-hydrogen) atoms. The Balaban J connectivity index is 0.00000300. The molecule has 2 aromatic rings. The van der Waals surface area contributed by atoms with E-state index in [2.05, 4.69) is 53.8 Å². The number of ether oxygens (including phenoxy) is 2. The van der Waals surface area contributed by atoms with Crippen molar-refractivity contribution in [2.45, 2.75) is 58.0 Å². The maximum atomic E-state index is 11.3. The normalized spacial score (nSPS) is 15.1. The van der Waals surface area contributed by atoms with E-state index in [4.69, 9.17) is 9.47 Å². The first-order chi connectivity index (χ1) is 13.7. The molecule has 0 radical (unpaired) electrons. The molecule has 3 rings (SSSR count). The van der Waals surface area contributed by atoms with Crippen molar-refractivity contribution in [1.82, 2.24) is 5.32 Å².